The quantitative estimate of drug-likeness (QED) is 0.549. The molecule has 5 rings (SSSR count). The van der Waals surface area contributed by atoms with E-state index in [4.69, 9.17) is 9.47 Å². The number of fused-ring (bicyclic) bond motifs is 2. The zero-order valence-electron chi connectivity index (χ0n) is 17.3. The number of amides is 1. The Labute approximate surface area is 182 Å². The lowest BCUT2D eigenvalue weighted by molar-refractivity contribution is -0.119. The summed E-state index contributed by atoms with van der Waals surface area (Å²) in [5.74, 6) is -0.339. The Morgan fingerprint density at radius 2 is 2.06 bits per heavy atom. The van der Waals surface area contributed by atoms with Gasteiger partial charge in [0.25, 0.3) is 0 Å². The van der Waals surface area contributed by atoms with Gasteiger partial charge in [-0.2, -0.15) is 0 Å². The molecular formula is C23H22FN3O5. The molecule has 1 aliphatic carbocycles. The summed E-state index contributed by atoms with van der Waals surface area (Å²) in [6, 6.07) is 7.68. The number of benzene rings is 2. The summed E-state index contributed by atoms with van der Waals surface area (Å²) in [4.78, 5) is 24.0. The van der Waals surface area contributed by atoms with Crippen molar-refractivity contribution in [3.05, 3.63) is 52.2 Å². The van der Waals surface area contributed by atoms with Crippen LogP contribution in [0.3, 0.4) is 0 Å². The van der Waals surface area contributed by atoms with Crippen molar-refractivity contribution in [1.82, 2.24) is 4.57 Å². The van der Waals surface area contributed by atoms with Crippen LogP contribution >= 0.6 is 0 Å². The molecular weight excluding hydrogens is 417 g/mol. The van der Waals surface area contributed by atoms with E-state index in [0.717, 1.165) is 25.7 Å². The number of carbonyl (C=O) groups is 1. The number of nitroso groups, excluding NO2 is 1. The van der Waals surface area contributed by atoms with Gasteiger partial charge in [0, 0.05) is 28.1 Å². The fourth-order valence-electron chi connectivity index (χ4n) is 4.62. The molecule has 2 aromatic carbocycles. The topological polar surface area (TPSA) is 102 Å². The molecule has 1 aromatic heterocycles. The summed E-state index contributed by atoms with van der Waals surface area (Å²) in [6.45, 7) is 0.303. The Balaban J connectivity index is 1.55. The third kappa shape index (κ3) is 3.58. The van der Waals surface area contributed by atoms with E-state index in [-0.39, 0.29) is 43.3 Å². The Bertz CT molecular complexity index is 1220. The summed E-state index contributed by atoms with van der Waals surface area (Å²) in [5.41, 5.74) is 2.00. The van der Waals surface area contributed by atoms with Crippen molar-refractivity contribution < 1.29 is 23.8 Å². The first-order chi connectivity index (χ1) is 15.5. The van der Waals surface area contributed by atoms with E-state index < -0.39 is 5.82 Å². The maximum atomic E-state index is 14.2. The molecule has 3 aromatic rings. The first-order valence-corrected chi connectivity index (χ1v) is 10.6. The van der Waals surface area contributed by atoms with Crippen LogP contribution in [0.25, 0.3) is 10.9 Å². The number of aromatic hydroxyl groups is 1. The SMILES string of the molecule is O=Nc1c(O)n(Cc2cc(F)cc3c2OCOC3)c2cc(NC(=O)C3CCCC3)ccc12. The maximum absolute atomic E-state index is 14.2. The number of hydrogen-bond donors (Lipinski definition) is 2. The number of ether oxygens (including phenoxy) is 2. The maximum Gasteiger partial charge on any atom is 0.227 e. The first kappa shape index (κ1) is 20.4. The van der Waals surface area contributed by atoms with E-state index in [0.29, 0.717) is 33.5 Å². The molecule has 0 saturated heterocycles. The molecule has 1 amide bonds. The van der Waals surface area contributed by atoms with Crippen LogP contribution < -0.4 is 10.1 Å². The lowest BCUT2D eigenvalue weighted by Gasteiger charge is -2.21. The van der Waals surface area contributed by atoms with Crippen LogP contribution in [0, 0.1) is 16.6 Å². The highest BCUT2D eigenvalue weighted by atomic mass is 19.1. The number of nitrogens with zero attached hydrogens (tertiary/aromatic N) is 2. The van der Waals surface area contributed by atoms with E-state index in [9.17, 15) is 19.2 Å². The average molecular weight is 439 g/mol. The molecule has 9 heteroatoms. The highest BCUT2D eigenvalue weighted by molar-refractivity contribution is 6.00. The summed E-state index contributed by atoms with van der Waals surface area (Å²) in [5, 5.41) is 17.1. The minimum atomic E-state index is -0.456. The Hall–Kier alpha value is -3.46. The molecule has 1 fully saturated rings. The number of rotatable bonds is 5. The molecule has 166 valence electrons. The molecule has 0 radical (unpaired) electrons. The molecule has 0 unspecified atom stereocenters. The molecule has 2 heterocycles. The molecule has 2 N–H and O–H groups in total. The Morgan fingerprint density at radius 3 is 2.84 bits per heavy atom. The number of carbonyl (C=O) groups excluding carboxylic acids is 1. The van der Waals surface area contributed by atoms with E-state index >= 15 is 0 Å². The molecule has 1 saturated carbocycles. The minimum absolute atomic E-state index is 0.00345. The molecule has 2 aliphatic rings. The second kappa shape index (κ2) is 8.23. The van der Waals surface area contributed by atoms with E-state index in [1.54, 1.807) is 18.2 Å². The lowest BCUT2D eigenvalue weighted by atomic mass is 10.1. The normalized spacial score (nSPS) is 16.0. The highest BCUT2D eigenvalue weighted by Crippen LogP contribution is 2.41. The summed E-state index contributed by atoms with van der Waals surface area (Å²) >= 11 is 0. The summed E-state index contributed by atoms with van der Waals surface area (Å²) in [6.07, 6.45) is 3.85. The minimum Gasteiger partial charge on any atom is -0.493 e. The molecule has 8 nitrogen and oxygen atoms in total. The molecule has 0 atom stereocenters. The van der Waals surface area contributed by atoms with E-state index in [1.165, 1.54) is 16.7 Å². The fourth-order valence-corrected chi connectivity index (χ4v) is 4.62. The molecule has 0 spiro atoms. The van der Waals surface area contributed by atoms with Crippen LogP contribution in [-0.4, -0.2) is 22.4 Å². The zero-order valence-corrected chi connectivity index (χ0v) is 17.3. The molecule has 0 bridgehead atoms. The van der Waals surface area contributed by atoms with Crippen molar-refractivity contribution in [1.29, 1.82) is 0 Å². The zero-order chi connectivity index (χ0) is 22.2. The van der Waals surface area contributed by atoms with Gasteiger partial charge in [0.2, 0.25) is 11.8 Å². The Morgan fingerprint density at radius 1 is 1.25 bits per heavy atom. The summed E-state index contributed by atoms with van der Waals surface area (Å²) in [7, 11) is 0. The number of nitrogens with one attached hydrogen (secondary N) is 1. The van der Waals surface area contributed by atoms with Crippen molar-refractivity contribution in [3.63, 3.8) is 0 Å². The fraction of sp³-hybridized carbons (Fsp3) is 0.348. The first-order valence-electron chi connectivity index (χ1n) is 10.6. The standard InChI is InChI=1S/C23H22FN3O5/c24-16-7-14(21-15(8-16)11-31-12-32-21)10-27-19-9-17(25-22(28)13-3-1-2-4-13)5-6-18(19)20(26-30)23(27)29/h5-9,13,29H,1-4,10-12H2,(H,25,28). The molecule has 1 aliphatic heterocycles. The lowest BCUT2D eigenvalue weighted by Crippen LogP contribution is -2.20. The highest BCUT2D eigenvalue weighted by Gasteiger charge is 2.25. The van der Waals surface area contributed by atoms with Crippen LogP contribution in [0.15, 0.2) is 35.5 Å². The number of hydrogen-bond acceptors (Lipinski definition) is 6. The van der Waals surface area contributed by atoms with Gasteiger partial charge in [0.1, 0.15) is 11.6 Å². The van der Waals surface area contributed by atoms with Gasteiger partial charge in [-0.25, -0.2) is 4.39 Å². The van der Waals surface area contributed by atoms with Crippen LogP contribution in [0.5, 0.6) is 11.6 Å². The van der Waals surface area contributed by atoms with Crippen molar-refractivity contribution in [2.24, 2.45) is 11.1 Å². The third-order valence-electron chi connectivity index (χ3n) is 6.18. The van der Waals surface area contributed by atoms with E-state index in [2.05, 4.69) is 10.5 Å². The largest absolute Gasteiger partial charge is 0.493 e. The monoisotopic (exact) mass is 439 g/mol. The van der Waals surface area contributed by atoms with E-state index in [1.807, 2.05) is 0 Å². The second-order valence-electron chi connectivity index (χ2n) is 8.22. The van der Waals surface area contributed by atoms with Crippen LogP contribution in [0.2, 0.25) is 0 Å². The predicted octanol–water partition coefficient (Wildman–Crippen LogP) is 4.93. The van der Waals surface area contributed by atoms with Gasteiger partial charge in [-0.15, -0.1) is 4.91 Å². The van der Waals surface area contributed by atoms with Gasteiger partial charge < -0.3 is 24.5 Å². The van der Waals surface area contributed by atoms with Gasteiger partial charge in [-0.1, -0.05) is 12.8 Å². The smallest absolute Gasteiger partial charge is 0.227 e. The number of anilines is 1. The average Bonchev–Trinajstić information content (AvgIpc) is 3.41. The van der Waals surface area contributed by atoms with Gasteiger partial charge in [0.05, 0.1) is 18.7 Å². The number of aromatic nitrogens is 1. The number of halogens is 1. The van der Waals surface area contributed by atoms with Crippen LogP contribution in [0.4, 0.5) is 15.8 Å². The van der Waals surface area contributed by atoms with Crippen molar-refractivity contribution in [2.45, 2.75) is 38.8 Å². The van der Waals surface area contributed by atoms with Crippen LogP contribution in [-0.2, 0) is 22.7 Å². The van der Waals surface area contributed by atoms with Gasteiger partial charge in [-0.05, 0) is 48.4 Å². The van der Waals surface area contributed by atoms with Crippen molar-refractivity contribution in [3.8, 4) is 11.6 Å². The van der Waals surface area contributed by atoms with Crippen molar-refractivity contribution >= 4 is 28.2 Å². The Kier molecular flexibility index (Phi) is 5.26. The summed E-state index contributed by atoms with van der Waals surface area (Å²) < 4.78 is 26.5. The molecule has 32 heavy (non-hydrogen) atoms. The van der Waals surface area contributed by atoms with Crippen LogP contribution in [0.1, 0.15) is 36.8 Å². The van der Waals surface area contributed by atoms with Gasteiger partial charge in [0.15, 0.2) is 12.5 Å². The van der Waals surface area contributed by atoms with Crippen molar-refractivity contribution in [2.75, 3.05) is 12.1 Å². The van der Waals surface area contributed by atoms with Gasteiger partial charge in [-0.3, -0.25) is 4.79 Å². The second-order valence-corrected chi connectivity index (χ2v) is 8.22. The third-order valence-corrected chi connectivity index (χ3v) is 6.18. The van der Waals surface area contributed by atoms with Gasteiger partial charge >= 0.3 is 0 Å². The predicted molar refractivity (Wildman–Crippen MR) is 115 cm³/mol.